The van der Waals surface area contributed by atoms with Crippen molar-refractivity contribution in [1.29, 1.82) is 0 Å². The van der Waals surface area contributed by atoms with Crippen LogP contribution in [0.1, 0.15) is 53.7 Å². The highest BCUT2D eigenvalue weighted by molar-refractivity contribution is 7.11. The van der Waals surface area contributed by atoms with Crippen LogP contribution in [0.25, 0.3) is 5.57 Å². The van der Waals surface area contributed by atoms with E-state index in [0.29, 0.717) is 6.61 Å². The molecule has 0 amide bonds. The van der Waals surface area contributed by atoms with Crippen LogP contribution in [0.5, 0.6) is 5.75 Å². The number of hydrogen-bond donors (Lipinski definition) is 0. The van der Waals surface area contributed by atoms with Crippen molar-refractivity contribution in [2.24, 2.45) is 0 Å². The summed E-state index contributed by atoms with van der Waals surface area (Å²) in [6.07, 6.45) is 7.60. The Balaban J connectivity index is 1.48. The molecule has 0 unspecified atom stereocenters. The predicted molar refractivity (Wildman–Crippen MR) is 122 cm³/mol. The van der Waals surface area contributed by atoms with Crippen LogP contribution in [0.15, 0.2) is 35.2 Å². The first-order chi connectivity index (χ1) is 14.3. The van der Waals surface area contributed by atoms with Gasteiger partial charge in [0.25, 0.3) is 0 Å². The molecule has 0 atom stereocenters. The Kier molecular flexibility index (Phi) is 5.76. The third-order valence-electron chi connectivity index (χ3n) is 6.78. The van der Waals surface area contributed by atoms with E-state index in [1.807, 2.05) is 11.3 Å². The molecular formula is C25H32N2OS. The summed E-state index contributed by atoms with van der Waals surface area (Å²) in [5.74, 6) is 1.07. The fraction of sp³-hybridized carbons (Fsp3) is 0.520. The Morgan fingerprint density at radius 1 is 1.00 bits per heavy atom. The first-order valence-corrected chi connectivity index (χ1v) is 12.1. The Morgan fingerprint density at radius 2 is 1.83 bits per heavy atom. The van der Waals surface area contributed by atoms with Crippen molar-refractivity contribution >= 4 is 16.9 Å². The molecular weight excluding hydrogens is 376 g/mol. The maximum absolute atomic E-state index is 6.28. The summed E-state index contributed by atoms with van der Waals surface area (Å²) in [5.41, 5.74) is 7.23. The van der Waals surface area contributed by atoms with Crippen molar-refractivity contribution in [3.63, 3.8) is 0 Å². The van der Waals surface area contributed by atoms with E-state index in [-0.39, 0.29) is 0 Å². The zero-order chi connectivity index (χ0) is 19.6. The molecule has 1 aromatic heterocycles. The molecule has 4 heteroatoms. The smallest absolute Gasteiger partial charge is 0.127 e. The van der Waals surface area contributed by atoms with E-state index in [1.165, 1.54) is 78.9 Å². The number of hydrogen-bond acceptors (Lipinski definition) is 4. The lowest BCUT2D eigenvalue weighted by Gasteiger charge is -2.27. The molecule has 3 aliphatic rings. The Labute approximate surface area is 179 Å². The maximum atomic E-state index is 6.28. The third kappa shape index (κ3) is 4.16. The van der Waals surface area contributed by atoms with Crippen LogP contribution in [0.3, 0.4) is 0 Å². The van der Waals surface area contributed by atoms with Gasteiger partial charge in [-0.05, 0) is 81.4 Å². The van der Waals surface area contributed by atoms with Crippen LogP contribution in [-0.4, -0.2) is 49.6 Å². The summed E-state index contributed by atoms with van der Waals surface area (Å²) in [7, 11) is 2.24. The lowest BCUT2D eigenvalue weighted by molar-refractivity contribution is 0.231. The minimum Gasteiger partial charge on any atom is -0.488 e. The fourth-order valence-corrected chi connectivity index (χ4v) is 5.98. The van der Waals surface area contributed by atoms with Gasteiger partial charge in [0.05, 0.1) is 0 Å². The van der Waals surface area contributed by atoms with Gasteiger partial charge >= 0.3 is 0 Å². The Hall–Kier alpha value is -1.62. The average molecular weight is 409 g/mol. The van der Waals surface area contributed by atoms with E-state index >= 15 is 0 Å². The summed E-state index contributed by atoms with van der Waals surface area (Å²) in [4.78, 5) is 6.53. The molecule has 2 aromatic rings. The van der Waals surface area contributed by atoms with Gasteiger partial charge in [0, 0.05) is 41.2 Å². The van der Waals surface area contributed by atoms with Gasteiger partial charge in [-0.2, -0.15) is 0 Å². The molecule has 29 heavy (non-hydrogen) atoms. The van der Waals surface area contributed by atoms with Crippen LogP contribution in [0.4, 0.5) is 0 Å². The van der Waals surface area contributed by atoms with Crippen LogP contribution in [-0.2, 0) is 13.0 Å². The van der Waals surface area contributed by atoms with E-state index in [4.69, 9.17) is 4.74 Å². The number of rotatable bonds is 3. The fourth-order valence-electron chi connectivity index (χ4n) is 4.96. The SMILES string of the molecule is CN1CCC(=C2c3cc(CCN4CCCCC4)ccc3OCc3ccsc32)CC1. The Bertz CT molecular complexity index is 884. The summed E-state index contributed by atoms with van der Waals surface area (Å²) in [6.45, 7) is 6.73. The molecule has 0 N–H and O–H groups in total. The lowest BCUT2D eigenvalue weighted by atomic mass is 9.90. The van der Waals surface area contributed by atoms with Crippen molar-refractivity contribution in [1.82, 2.24) is 9.80 Å². The van der Waals surface area contributed by atoms with Crippen LogP contribution < -0.4 is 4.74 Å². The number of ether oxygens (including phenoxy) is 1. The topological polar surface area (TPSA) is 15.7 Å². The van der Waals surface area contributed by atoms with Crippen molar-refractivity contribution in [3.05, 3.63) is 56.8 Å². The second-order valence-electron chi connectivity index (χ2n) is 8.83. The molecule has 1 aromatic carbocycles. The second-order valence-corrected chi connectivity index (χ2v) is 9.74. The van der Waals surface area contributed by atoms with E-state index in [2.05, 4.69) is 46.5 Å². The summed E-state index contributed by atoms with van der Waals surface area (Å²) in [6, 6.07) is 9.21. The number of fused-ring (bicyclic) bond motifs is 2. The highest BCUT2D eigenvalue weighted by Gasteiger charge is 2.25. The molecule has 3 aliphatic heterocycles. The molecule has 0 aliphatic carbocycles. The third-order valence-corrected chi connectivity index (χ3v) is 7.75. The number of thiophene rings is 1. The standard InChI is InChI=1S/C25H32N2OS/c1-26-13-8-20(9-14-26)24-22-17-19(7-15-27-11-3-2-4-12-27)5-6-23(22)28-18-21-10-16-29-25(21)24/h5-6,10,16-17H,2-4,7-9,11-15,18H2,1H3. The lowest BCUT2D eigenvalue weighted by Crippen LogP contribution is -2.31. The van der Waals surface area contributed by atoms with E-state index in [1.54, 1.807) is 5.57 Å². The molecule has 0 saturated carbocycles. The number of likely N-dealkylation sites (tertiary alicyclic amines) is 2. The van der Waals surface area contributed by atoms with Gasteiger partial charge in [-0.3, -0.25) is 0 Å². The molecule has 5 rings (SSSR count). The van der Waals surface area contributed by atoms with Gasteiger partial charge in [-0.15, -0.1) is 11.3 Å². The Morgan fingerprint density at radius 3 is 2.66 bits per heavy atom. The van der Waals surface area contributed by atoms with Gasteiger partial charge in [-0.25, -0.2) is 0 Å². The zero-order valence-corrected chi connectivity index (χ0v) is 18.4. The normalized spacial score (nSPS) is 20.7. The number of benzene rings is 1. The summed E-state index contributed by atoms with van der Waals surface area (Å²) < 4.78 is 6.28. The quantitative estimate of drug-likeness (QED) is 0.694. The number of nitrogens with zero attached hydrogens (tertiary/aromatic N) is 2. The number of piperidine rings is 2. The molecule has 0 spiro atoms. The monoisotopic (exact) mass is 408 g/mol. The van der Waals surface area contributed by atoms with Crippen molar-refractivity contribution < 1.29 is 4.74 Å². The zero-order valence-electron chi connectivity index (χ0n) is 17.6. The molecule has 2 fully saturated rings. The van der Waals surface area contributed by atoms with E-state index in [0.717, 1.165) is 25.3 Å². The average Bonchev–Trinajstić information content (AvgIpc) is 3.16. The predicted octanol–water partition coefficient (Wildman–Crippen LogP) is 5.20. The van der Waals surface area contributed by atoms with Crippen molar-refractivity contribution in [3.8, 4) is 5.75 Å². The molecule has 154 valence electrons. The summed E-state index contributed by atoms with van der Waals surface area (Å²) >= 11 is 1.89. The minimum atomic E-state index is 0.690. The highest BCUT2D eigenvalue weighted by Crippen LogP contribution is 2.43. The first-order valence-electron chi connectivity index (χ1n) is 11.2. The highest BCUT2D eigenvalue weighted by atomic mass is 32.1. The van der Waals surface area contributed by atoms with Crippen LogP contribution in [0.2, 0.25) is 0 Å². The minimum absolute atomic E-state index is 0.690. The first kappa shape index (κ1) is 19.3. The molecule has 0 radical (unpaired) electrons. The molecule has 3 nitrogen and oxygen atoms in total. The van der Waals surface area contributed by atoms with Crippen LogP contribution in [0, 0.1) is 0 Å². The van der Waals surface area contributed by atoms with Gasteiger partial charge in [0.15, 0.2) is 0 Å². The molecule has 2 saturated heterocycles. The van der Waals surface area contributed by atoms with Crippen molar-refractivity contribution in [2.75, 3.05) is 39.8 Å². The van der Waals surface area contributed by atoms with Gasteiger partial charge in [0.1, 0.15) is 12.4 Å². The molecule has 4 heterocycles. The van der Waals surface area contributed by atoms with Gasteiger partial charge < -0.3 is 14.5 Å². The largest absolute Gasteiger partial charge is 0.488 e. The van der Waals surface area contributed by atoms with Crippen molar-refractivity contribution in [2.45, 2.75) is 45.1 Å². The second kappa shape index (κ2) is 8.63. The van der Waals surface area contributed by atoms with Gasteiger partial charge in [0.2, 0.25) is 0 Å². The van der Waals surface area contributed by atoms with E-state index < -0.39 is 0 Å². The van der Waals surface area contributed by atoms with E-state index in [9.17, 15) is 0 Å². The summed E-state index contributed by atoms with van der Waals surface area (Å²) in [5, 5.41) is 2.23. The maximum Gasteiger partial charge on any atom is 0.127 e. The van der Waals surface area contributed by atoms with Crippen LogP contribution >= 0.6 is 11.3 Å². The molecule has 0 bridgehead atoms. The van der Waals surface area contributed by atoms with Gasteiger partial charge in [-0.1, -0.05) is 18.1 Å².